The molecular weight excluding hydrogens is 244 g/mol. The average Bonchev–Trinajstić information content (AvgIpc) is 2.78. The fourth-order valence-corrected chi connectivity index (χ4v) is 2.46. The van der Waals surface area contributed by atoms with Crippen molar-refractivity contribution in [3.05, 3.63) is 0 Å². The molecule has 0 aromatic carbocycles. The topological polar surface area (TPSA) is 69.6 Å². The van der Waals surface area contributed by atoms with Crippen LogP contribution in [0.5, 0.6) is 0 Å². The molecule has 1 atom stereocenters. The van der Waals surface area contributed by atoms with Crippen LogP contribution in [-0.4, -0.2) is 46.6 Å². The Bertz CT molecular complexity index is 329. The fraction of sp³-hybridized carbons (Fsp3) is 0.857. The highest BCUT2D eigenvalue weighted by atomic mass is 16.3. The minimum atomic E-state index is -0.550. The first-order valence-electron chi connectivity index (χ1n) is 7.11. The molecule has 5 nitrogen and oxygen atoms in total. The normalized spacial score (nSPS) is 20.2. The van der Waals surface area contributed by atoms with Crippen LogP contribution in [0.3, 0.4) is 0 Å². The van der Waals surface area contributed by atoms with Crippen molar-refractivity contribution in [2.24, 2.45) is 5.92 Å². The van der Waals surface area contributed by atoms with E-state index in [1.165, 1.54) is 0 Å². The van der Waals surface area contributed by atoms with Crippen LogP contribution < -0.4 is 5.32 Å². The zero-order chi connectivity index (χ0) is 14.6. The molecule has 2 N–H and O–H groups in total. The van der Waals surface area contributed by atoms with E-state index < -0.39 is 5.54 Å². The number of aliphatic hydroxyl groups excluding tert-OH is 1. The van der Waals surface area contributed by atoms with Crippen LogP contribution in [-0.2, 0) is 9.59 Å². The summed E-state index contributed by atoms with van der Waals surface area (Å²) in [5.41, 5.74) is -0.550. The van der Waals surface area contributed by atoms with Gasteiger partial charge in [0.25, 0.3) is 0 Å². The predicted molar refractivity (Wildman–Crippen MR) is 73.5 cm³/mol. The van der Waals surface area contributed by atoms with Gasteiger partial charge in [0, 0.05) is 19.0 Å². The molecule has 0 spiro atoms. The fourth-order valence-electron chi connectivity index (χ4n) is 2.46. The van der Waals surface area contributed by atoms with E-state index in [0.29, 0.717) is 19.4 Å². The summed E-state index contributed by atoms with van der Waals surface area (Å²) in [5.74, 6) is -0.370. The lowest BCUT2D eigenvalue weighted by molar-refractivity contribution is -0.130. The summed E-state index contributed by atoms with van der Waals surface area (Å²) in [6.07, 6.45) is 1.64. The van der Waals surface area contributed by atoms with Gasteiger partial charge in [-0.15, -0.1) is 0 Å². The number of aliphatic hydroxyl groups is 1. The standard InChI is InChI=1S/C14H26N2O3/c1-5-14(6-2,9-17)15-13(19)11-7-12(18)16(8-11)10(3)4/h10-11,17H,5-9H2,1-4H3,(H,15,19). The molecule has 1 fully saturated rings. The number of amides is 2. The number of likely N-dealkylation sites (tertiary alicyclic amines) is 1. The molecule has 2 amide bonds. The molecule has 0 aliphatic carbocycles. The van der Waals surface area contributed by atoms with Crippen LogP contribution in [0.1, 0.15) is 47.0 Å². The van der Waals surface area contributed by atoms with Crippen molar-refractivity contribution in [1.29, 1.82) is 0 Å². The maximum Gasteiger partial charge on any atom is 0.225 e. The third-order valence-electron chi connectivity index (χ3n) is 4.20. The first kappa shape index (κ1) is 16.0. The predicted octanol–water partition coefficient (Wildman–Crippen LogP) is 0.911. The number of carbonyl (C=O) groups is 2. The molecule has 1 heterocycles. The molecule has 0 radical (unpaired) electrons. The van der Waals surface area contributed by atoms with Crippen LogP contribution in [0, 0.1) is 5.92 Å². The molecule has 1 aliphatic heterocycles. The van der Waals surface area contributed by atoms with E-state index in [-0.39, 0.29) is 36.8 Å². The summed E-state index contributed by atoms with van der Waals surface area (Å²) in [4.78, 5) is 25.8. The van der Waals surface area contributed by atoms with E-state index in [2.05, 4.69) is 5.32 Å². The summed E-state index contributed by atoms with van der Waals surface area (Å²) >= 11 is 0. The molecule has 19 heavy (non-hydrogen) atoms. The summed E-state index contributed by atoms with van der Waals surface area (Å²) in [6.45, 7) is 8.21. The number of carbonyl (C=O) groups excluding carboxylic acids is 2. The van der Waals surface area contributed by atoms with E-state index >= 15 is 0 Å². The van der Waals surface area contributed by atoms with E-state index in [9.17, 15) is 14.7 Å². The third kappa shape index (κ3) is 3.47. The molecule has 1 saturated heterocycles. The van der Waals surface area contributed by atoms with Gasteiger partial charge in [0.2, 0.25) is 11.8 Å². The van der Waals surface area contributed by atoms with Crippen molar-refractivity contribution in [3.8, 4) is 0 Å². The van der Waals surface area contributed by atoms with Gasteiger partial charge in [-0.1, -0.05) is 13.8 Å². The second-order valence-electron chi connectivity index (χ2n) is 5.68. The lowest BCUT2D eigenvalue weighted by Gasteiger charge is -2.32. The first-order valence-corrected chi connectivity index (χ1v) is 7.11. The van der Waals surface area contributed by atoms with E-state index in [1.54, 1.807) is 4.90 Å². The number of nitrogens with one attached hydrogen (secondary N) is 1. The molecule has 0 aromatic heterocycles. The SMILES string of the molecule is CCC(CC)(CO)NC(=O)C1CC(=O)N(C(C)C)C1. The highest BCUT2D eigenvalue weighted by molar-refractivity contribution is 5.89. The second kappa shape index (κ2) is 6.37. The molecular formula is C14H26N2O3. The van der Waals surface area contributed by atoms with E-state index in [1.807, 2.05) is 27.7 Å². The quantitative estimate of drug-likeness (QED) is 0.754. The maximum atomic E-state index is 12.3. The van der Waals surface area contributed by atoms with E-state index in [0.717, 1.165) is 0 Å². The summed E-state index contributed by atoms with van der Waals surface area (Å²) in [7, 11) is 0. The molecule has 1 rings (SSSR count). The Hall–Kier alpha value is -1.10. The van der Waals surface area contributed by atoms with Crippen molar-refractivity contribution < 1.29 is 14.7 Å². The summed E-state index contributed by atoms with van der Waals surface area (Å²) in [5, 5.41) is 12.4. The maximum absolute atomic E-state index is 12.3. The Morgan fingerprint density at radius 2 is 2.05 bits per heavy atom. The smallest absolute Gasteiger partial charge is 0.225 e. The zero-order valence-electron chi connectivity index (χ0n) is 12.4. The largest absolute Gasteiger partial charge is 0.394 e. The Balaban J connectivity index is 2.67. The number of hydrogen-bond acceptors (Lipinski definition) is 3. The lowest BCUT2D eigenvalue weighted by atomic mass is 9.92. The van der Waals surface area contributed by atoms with Gasteiger partial charge in [0.1, 0.15) is 0 Å². The van der Waals surface area contributed by atoms with Crippen molar-refractivity contribution in [1.82, 2.24) is 10.2 Å². The Morgan fingerprint density at radius 1 is 1.47 bits per heavy atom. The monoisotopic (exact) mass is 270 g/mol. The van der Waals surface area contributed by atoms with Gasteiger partial charge in [-0.3, -0.25) is 9.59 Å². The van der Waals surface area contributed by atoms with Gasteiger partial charge >= 0.3 is 0 Å². The highest BCUT2D eigenvalue weighted by Crippen LogP contribution is 2.22. The van der Waals surface area contributed by atoms with Crippen molar-refractivity contribution in [2.75, 3.05) is 13.2 Å². The molecule has 0 bridgehead atoms. The van der Waals surface area contributed by atoms with Crippen molar-refractivity contribution in [3.63, 3.8) is 0 Å². The van der Waals surface area contributed by atoms with Gasteiger partial charge < -0.3 is 15.3 Å². The van der Waals surface area contributed by atoms with Crippen LogP contribution in [0.2, 0.25) is 0 Å². The number of rotatable bonds is 6. The van der Waals surface area contributed by atoms with Gasteiger partial charge in [-0.2, -0.15) is 0 Å². The van der Waals surface area contributed by atoms with Crippen LogP contribution in [0.4, 0.5) is 0 Å². The second-order valence-corrected chi connectivity index (χ2v) is 5.68. The minimum absolute atomic E-state index is 0.0396. The minimum Gasteiger partial charge on any atom is -0.394 e. The average molecular weight is 270 g/mol. The molecule has 1 aliphatic rings. The molecule has 110 valence electrons. The molecule has 0 aromatic rings. The Kier molecular flexibility index (Phi) is 5.35. The van der Waals surface area contributed by atoms with Gasteiger partial charge in [0.05, 0.1) is 18.1 Å². The van der Waals surface area contributed by atoms with Crippen molar-refractivity contribution >= 4 is 11.8 Å². The first-order chi connectivity index (χ1) is 8.89. The summed E-state index contributed by atoms with van der Waals surface area (Å²) < 4.78 is 0. The Labute approximate surface area is 115 Å². The van der Waals surface area contributed by atoms with Crippen LogP contribution in [0.15, 0.2) is 0 Å². The lowest BCUT2D eigenvalue weighted by Crippen LogP contribution is -2.52. The molecule has 1 unspecified atom stereocenters. The zero-order valence-corrected chi connectivity index (χ0v) is 12.4. The van der Waals surface area contributed by atoms with Gasteiger partial charge in [-0.25, -0.2) is 0 Å². The summed E-state index contributed by atoms with van der Waals surface area (Å²) in [6, 6.07) is 0.130. The molecule has 0 saturated carbocycles. The third-order valence-corrected chi connectivity index (χ3v) is 4.20. The number of hydrogen-bond donors (Lipinski definition) is 2. The van der Waals surface area contributed by atoms with Crippen LogP contribution >= 0.6 is 0 Å². The highest BCUT2D eigenvalue weighted by Gasteiger charge is 2.38. The molecule has 5 heteroatoms. The van der Waals surface area contributed by atoms with Crippen molar-refractivity contribution in [2.45, 2.75) is 58.5 Å². The van der Waals surface area contributed by atoms with Gasteiger partial charge in [-0.05, 0) is 26.7 Å². The van der Waals surface area contributed by atoms with Gasteiger partial charge in [0.15, 0.2) is 0 Å². The number of nitrogens with zero attached hydrogens (tertiary/aromatic N) is 1. The Morgan fingerprint density at radius 3 is 2.42 bits per heavy atom. The van der Waals surface area contributed by atoms with E-state index in [4.69, 9.17) is 0 Å². The van der Waals surface area contributed by atoms with Crippen LogP contribution in [0.25, 0.3) is 0 Å².